The summed E-state index contributed by atoms with van der Waals surface area (Å²) in [4.78, 5) is 11.7. The number of anilines is 1. The first-order valence-corrected chi connectivity index (χ1v) is 7.90. The largest absolute Gasteiger partial charge is 0.338 e. The molecule has 0 aliphatic rings. The number of halogens is 2. The third-order valence-electron chi connectivity index (χ3n) is 3.02. The number of hydrogen-bond donors (Lipinski definition) is 2. The SMILES string of the molecule is CCCCNC(=O)Nc1nn(Cc2ccc(F)cc2)cc1Br. The van der Waals surface area contributed by atoms with Crippen LogP contribution in [0.1, 0.15) is 25.3 Å². The fourth-order valence-electron chi connectivity index (χ4n) is 1.87. The van der Waals surface area contributed by atoms with Crippen molar-refractivity contribution in [1.82, 2.24) is 15.1 Å². The molecule has 0 fully saturated rings. The number of carbonyl (C=O) groups excluding carboxylic acids is 1. The highest BCUT2D eigenvalue weighted by molar-refractivity contribution is 9.10. The zero-order valence-electron chi connectivity index (χ0n) is 12.3. The van der Waals surface area contributed by atoms with Gasteiger partial charge in [0.15, 0.2) is 5.82 Å². The first kappa shape index (κ1) is 16.5. The molecule has 7 heteroatoms. The Hall–Kier alpha value is -1.89. The molecule has 2 amide bonds. The van der Waals surface area contributed by atoms with E-state index in [2.05, 4.69) is 38.6 Å². The second kappa shape index (κ2) is 7.93. The Kier molecular flexibility index (Phi) is 5.94. The summed E-state index contributed by atoms with van der Waals surface area (Å²) >= 11 is 3.37. The van der Waals surface area contributed by atoms with Crippen LogP contribution in [0.2, 0.25) is 0 Å². The number of unbranched alkanes of at least 4 members (excludes halogenated alkanes) is 1. The highest BCUT2D eigenvalue weighted by Crippen LogP contribution is 2.20. The molecule has 1 aromatic heterocycles. The molecule has 1 heterocycles. The van der Waals surface area contributed by atoms with Gasteiger partial charge in [0.25, 0.3) is 0 Å². The van der Waals surface area contributed by atoms with Gasteiger partial charge in [0.05, 0.1) is 11.0 Å². The van der Waals surface area contributed by atoms with Gasteiger partial charge in [-0.3, -0.25) is 10.00 Å². The number of amides is 2. The summed E-state index contributed by atoms with van der Waals surface area (Å²) in [5, 5.41) is 9.76. The smallest absolute Gasteiger partial charge is 0.320 e. The average Bonchev–Trinajstić information content (AvgIpc) is 2.81. The van der Waals surface area contributed by atoms with Crippen LogP contribution in [0.15, 0.2) is 34.9 Å². The molecule has 1 aromatic carbocycles. The average molecular weight is 369 g/mol. The lowest BCUT2D eigenvalue weighted by Crippen LogP contribution is -2.29. The predicted octanol–water partition coefficient (Wildman–Crippen LogP) is 3.75. The summed E-state index contributed by atoms with van der Waals surface area (Å²) in [6.45, 7) is 3.20. The van der Waals surface area contributed by atoms with Crippen LogP contribution in [0.25, 0.3) is 0 Å². The number of hydrogen-bond acceptors (Lipinski definition) is 2. The van der Waals surface area contributed by atoms with Crippen molar-refractivity contribution in [1.29, 1.82) is 0 Å². The van der Waals surface area contributed by atoms with Crippen LogP contribution >= 0.6 is 15.9 Å². The summed E-state index contributed by atoms with van der Waals surface area (Å²) < 4.78 is 15.3. The highest BCUT2D eigenvalue weighted by atomic mass is 79.9. The van der Waals surface area contributed by atoms with Crippen molar-refractivity contribution in [2.45, 2.75) is 26.3 Å². The lowest BCUT2D eigenvalue weighted by Gasteiger charge is -2.05. The standard InChI is InChI=1S/C15H18BrFN4O/c1-2-3-8-18-15(22)19-14-13(16)10-21(20-14)9-11-4-6-12(17)7-5-11/h4-7,10H,2-3,8-9H2,1H3,(H2,18,19,20,22). The molecule has 118 valence electrons. The lowest BCUT2D eigenvalue weighted by molar-refractivity contribution is 0.252. The first-order valence-electron chi connectivity index (χ1n) is 7.10. The molecular formula is C15H18BrFN4O. The van der Waals surface area contributed by atoms with E-state index in [1.807, 2.05) is 0 Å². The molecule has 0 saturated heterocycles. The minimum atomic E-state index is -0.277. The van der Waals surface area contributed by atoms with Crippen LogP contribution in [0.4, 0.5) is 15.0 Å². The van der Waals surface area contributed by atoms with E-state index in [0.29, 0.717) is 23.4 Å². The van der Waals surface area contributed by atoms with E-state index in [0.717, 1.165) is 18.4 Å². The fourth-order valence-corrected chi connectivity index (χ4v) is 2.28. The minimum Gasteiger partial charge on any atom is -0.338 e. The van der Waals surface area contributed by atoms with Crippen molar-refractivity contribution in [3.8, 4) is 0 Å². The molecule has 2 aromatic rings. The van der Waals surface area contributed by atoms with E-state index in [4.69, 9.17) is 0 Å². The van der Waals surface area contributed by atoms with Gasteiger partial charge in [-0.15, -0.1) is 0 Å². The lowest BCUT2D eigenvalue weighted by atomic mass is 10.2. The maximum absolute atomic E-state index is 12.9. The number of aromatic nitrogens is 2. The van der Waals surface area contributed by atoms with E-state index in [9.17, 15) is 9.18 Å². The zero-order chi connectivity index (χ0) is 15.9. The van der Waals surface area contributed by atoms with Crippen molar-refractivity contribution < 1.29 is 9.18 Å². The van der Waals surface area contributed by atoms with Crippen LogP contribution in [-0.2, 0) is 6.54 Å². The molecule has 0 unspecified atom stereocenters. The summed E-state index contributed by atoms with van der Waals surface area (Å²) in [5.74, 6) is 0.188. The molecule has 0 aliphatic heterocycles. The van der Waals surface area contributed by atoms with E-state index < -0.39 is 0 Å². The zero-order valence-corrected chi connectivity index (χ0v) is 13.9. The molecule has 0 atom stereocenters. The highest BCUT2D eigenvalue weighted by Gasteiger charge is 2.10. The molecule has 2 N–H and O–H groups in total. The Labute approximate surface area is 137 Å². The van der Waals surface area contributed by atoms with E-state index in [1.54, 1.807) is 23.0 Å². The van der Waals surface area contributed by atoms with Gasteiger partial charge in [-0.2, -0.15) is 5.10 Å². The van der Waals surface area contributed by atoms with Gasteiger partial charge in [0, 0.05) is 12.7 Å². The van der Waals surface area contributed by atoms with Crippen molar-refractivity contribution >= 4 is 27.8 Å². The van der Waals surface area contributed by atoms with Gasteiger partial charge in [0.1, 0.15) is 5.82 Å². The molecule has 0 spiro atoms. The summed E-state index contributed by atoms with van der Waals surface area (Å²) in [6, 6.07) is 5.95. The molecule has 0 bridgehead atoms. The number of nitrogens with one attached hydrogen (secondary N) is 2. The molecule has 2 rings (SSSR count). The Balaban J connectivity index is 1.95. The van der Waals surface area contributed by atoms with Crippen LogP contribution in [0, 0.1) is 5.82 Å². The van der Waals surface area contributed by atoms with Crippen molar-refractivity contribution in [2.24, 2.45) is 0 Å². The molecule has 0 saturated carbocycles. The minimum absolute atomic E-state index is 0.267. The number of carbonyl (C=O) groups is 1. The number of rotatable bonds is 6. The van der Waals surface area contributed by atoms with Crippen LogP contribution in [0.3, 0.4) is 0 Å². The predicted molar refractivity (Wildman–Crippen MR) is 87.4 cm³/mol. The van der Waals surface area contributed by atoms with E-state index >= 15 is 0 Å². The second-order valence-corrected chi connectivity index (χ2v) is 5.74. The van der Waals surface area contributed by atoms with Crippen molar-refractivity contribution in [3.63, 3.8) is 0 Å². The topological polar surface area (TPSA) is 59.0 Å². The maximum Gasteiger partial charge on any atom is 0.320 e. The van der Waals surface area contributed by atoms with Gasteiger partial charge in [0.2, 0.25) is 0 Å². The van der Waals surface area contributed by atoms with Gasteiger partial charge in [-0.25, -0.2) is 9.18 Å². The third-order valence-corrected chi connectivity index (χ3v) is 3.60. The Morgan fingerprint density at radius 3 is 2.77 bits per heavy atom. The second-order valence-electron chi connectivity index (χ2n) is 4.88. The Morgan fingerprint density at radius 1 is 1.36 bits per heavy atom. The Morgan fingerprint density at radius 2 is 2.09 bits per heavy atom. The quantitative estimate of drug-likeness (QED) is 0.762. The normalized spacial score (nSPS) is 10.5. The van der Waals surface area contributed by atoms with E-state index in [1.165, 1.54) is 12.1 Å². The van der Waals surface area contributed by atoms with Crippen molar-refractivity contribution in [2.75, 3.05) is 11.9 Å². The number of nitrogens with zero attached hydrogens (tertiary/aromatic N) is 2. The summed E-state index contributed by atoms with van der Waals surface area (Å²) in [6.07, 6.45) is 3.73. The van der Waals surface area contributed by atoms with Crippen LogP contribution in [-0.4, -0.2) is 22.4 Å². The first-order chi connectivity index (χ1) is 10.6. The van der Waals surface area contributed by atoms with Gasteiger partial charge >= 0.3 is 6.03 Å². The third kappa shape index (κ3) is 4.84. The molecule has 0 aliphatic carbocycles. The molecular weight excluding hydrogens is 351 g/mol. The monoisotopic (exact) mass is 368 g/mol. The van der Waals surface area contributed by atoms with Crippen molar-refractivity contribution in [3.05, 3.63) is 46.3 Å². The van der Waals surface area contributed by atoms with Gasteiger partial charge in [-0.1, -0.05) is 25.5 Å². The van der Waals surface area contributed by atoms with Gasteiger partial charge in [-0.05, 0) is 40.0 Å². The fraction of sp³-hybridized carbons (Fsp3) is 0.333. The summed E-state index contributed by atoms with van der Waals surface area (Å²) in [5.41, 5.74) is 0.926. The number of urea groups is 1. The van der Waals surface area contributed by atoms with Gasteiger partial charge < -0.3 is 5.32 Å². The van der Waals surface area contributed by atoms with Crippen LogP contribution < -0.4 is 10.6 Å². The molecule has 22 heavy (non-hydrogen) atoms. The Bertz CT molecular complexity index is 627. The van der Waals surface area contributed by atoms with E-state index in [-0.39, 0.29) is 11.8 Å². The summed E-state index contributed by atoms with van der Waals surface area (Å²) in [7, 11) is 0. The van der Waals surface area contributed by atoms with Crippen LogP contribution in [0.5, 0.6) is 0 Å². The maximum atomic E-state index is 12.9. The molecule has 0 radical (unpaired) electrons. The number of benzene rings is 1. The molecule has 5 nitrogen and oxygen atoms in total.